The first kappa shape index (κ1) is 26.8. The van der Waals surface area contributed by atoms with Gasteiger partial charge in [-0.3, -0.25) is 4.79 Å². The minimum atomic E-state index is -0.0986. The molecule has 2 aromatic rings. The molecule has 0 radical (unpaired) electrons. The summed E-state index contributed by atoms with van der Waals surface area (Å²) in [5.41, 5.74) is 3.56. The number of halogens is 1. The largest absolute Gasteiger partial charge is 0.490 e. The third-order valence-corrected chi connectivity index (χ3v) is 9.58. The topological polar surface area (TPSA) is 85.6 Å². The first-order valence-corrected chi connectivity index (χ1v) is 14.4. The molecule has 1 saturated heterocycles. The van der Waals surface area contributed by atoms with E-state index in [4.69, 9.17) is 21.6 Å². The van der Waals surface area contributed by atoms with E-state index < -0.39 is 0 Å². The number of nitrogens with zero attached hydrogens (tertiary/aromatic N) is 2. The molecule has 6 nitrogen and oxygen atoms in total. The monoisotopic (exact) mass is 535 g/mol. The number of anilines is 1. The van der Waals surface area contributed by atoms with Crippen LogP contribution in [0.15, 0.2) is 36.4 Å². The molecule has 1 aliphatic heterocycles. The molecule has 0 atom stereocenters. The van der Waals surface area contributed by atoms with Crippen LogP contribution < -0.4 is 15.0 Å². The lowest BCUT2D eigenvalue weighted by molar-refractivity contribution is 0.0478. The summed E-state index contributed by atoms with van der Waals surface area (Å²) in [6, 6.07) is 13.8. The number of benzene rings is 2. The van der Waals surface area contributed by atoms with Gasteiger partial charge in [0.15, 0.2) is 0 Å². The zero-order chi connectivity index (χ0) is 26.7. The van der Waals surface area contributed by atoms with Crippen LogP contribution in [-0.2, 0) is 0 Å². The maximum Gasteiger partial charge on any atom is 0.251 e. The summed E-state index contributed by atoms with van der Waals surface area (Å²) in [5, 5.41) is 22.7. The number of amides is 1. The van der Waals surface area contributed by atoms with E-state index >= 15 is 0 Å². The number of carbonyl (C=O) groups is 1. The number of hydrogen-bond donors (Lipinski definition) is 2. The summed E-state index contributed by atoms with van der Waals surface area (Å²) in [5.74, 6) is 0.706. The van der Waals surface area contributed by atoms with Gasteiger partial charge in [0.25, 0.3) is 5.91 Å². The van der Waals surface area contributed by atoms with Gasteiger partial charge < -0.3 is 20.1 Å². The predicted octanol–water partition coefficient (Wildman–Crippen LogP) is 6.16. The van der Waals surface area contributed by atoms with Gasteiger partial charge in [0.05, 0.1) is 22.8 Å². The number of ether oxygens (including phenoxy) is 1. The molecule has 0 unspecified atom stereocenters. The third kappa shape index (κ3) is 5.95. The van der Waals surface area contributed by atoms with Crippen LogP contribution in [0.1, 0.15) is 85.7 Å². The minimum absolute atomic E-state index is 0.0194. The maximum absolute atomic E-state index is 12.9. The van der Waals surface area contributed by atoms with Crippen molar-refractivity contribution >= 4 is 23.2 Å². The highest BCUT2D eigenvalue weighted by Gasteiger charge is 2.37. The smallest absolute Gasteiger partial charge is 0.251 e. The Morgan fingerprint density at radius 2 is 1.68 bits per heavy atom. The van der Waals surface area contributed by atoms with E-state index in [0.29, 0.717) is 21.6 Å². The number of aliphatic hydroxyl groups is 1. The molecular weight excluding hydrogens is 498 g/mol. The Balaban J connectivity index is 1.08. The highest BCUT2D eigenvalue weighted by molar-refractivity contribution is 6.32. The van der Waals surface area contributed by atoms with Gasteiger partial charge in [-0.15, -0.1) is 0 Å². The lowest BCUT2D eigenvalue weighted by Gasteiger charge is -2.46. The van der Waals surface area contributed by atoms with Crippen LogP contribution in [-0.4, -0.2) is 42.4 Å². The fourth-order valence-corrected chi connectivity index (χ4v) is 6.63. The molecule has 1 spiro atoms. The summed E-state index contributed by atoms with van der Waals surface area (Å²) >= 11 is 6.28. The quantitative estimate of drug-likeness (QED) is 0.479. The molecule has 0 aromatic heterocycles. The van der Waals surface area contributed by atoms with Crippen LogP contribution >= 0.6 is 11.6 Å². The molecule has 2 aliphatic carbocycles. The Bertz CT molecular complexity index is 1170. The predicted molar refractivity (Wildman–Crippen MR) is 150 cm³/mol. The average molecular weight is 536 g/mol. The Morgan fingerprint density at radius 1 is 1.03 bits per heavy atom. The van der Waals surface area contributed by atoms with Gasteiger partial charge in [-0.1, -0.05) is 11.6 Å². The van der Waals surface area contributed by atoms with E-state index in [1.807, 2.05) is 25.1 Å². The molecular formula is C31H38ClN3O3. The highest BCUT2D eigenvalue weighted by atomic mass is 35.5. The number of rotatable bonds is 5. The van der Waals surface area contributed by atoms with Crippen molar-refractivity contribution in [2.75, 3.05) is 18.0 Å². The van der Waals surface area contributed by atoms with Crippen LogP contribution in [0, 0.1) is 23.7 Å². The molecule has 7 heteroatoms. The van der Waals surface area contributed by atoms with E-state index in [0.717, 1.165) is 75.8 Å². The van der Waals surface area contributed by atoms with Crippen molar-refractivity contribution in [2.45, 2.75) is 89.4 Å². The fraction of sp³-hybridized carbons (Fsp3) is 0.548. The van der Waals surface area contributed by atoms with Gasteiger partial charge in [0, 0.05) is 35.9 Å². The van der Waals surface area contributed by atoms with E-state index in [1.165, 1.54) is 18.5 Å². The van der Waals surface area contributed by atoms with Crippen molar-refractivity contribution in [3.05, 3.63) is 58.1 Å². The number of piperidine rings is 1. The van der Waals surface area contributed by atoms with Crippen molar-refractivity contribution in [2.24, 2.45) is 5.41 Å². The van der Waals surface area contributed by atoms with Crippen LogP contribution in [0.2, 0.25) is 5.02 Å². The van der Waals surface area contributed by atoms with Crippen molar-refractivity contribution in [3.8, 4) is 11.8 Å². The zero-order valence-electron chi connectivity index (χ0n) is 22.2. The van der Waals surface area contributed by atoms with Crippen molar-refractivity contribution in [3.63, 3.8) is 0 Å². The first-order chi connectivity index (χ1) is 18.4. The molecule has 1 amide bonds. The second kappa shape index (κ2) is 11.6. The molecule has 3 fully saturated rings. The zero-order valence-corrected chi connectivity index (χ0v) is 23.0. The SMILES string of the molecule is Cc1c(OC2CCC(NC(=O)c3ccc(N4CCC5(CCC(O)CC5)CC4)cc3)CC2)ccc(C#N)c1Cl. The lowest BCUT2D eigenvalue weighted by Crippen LogP contribution is -2.42. The first-order valence-electron chi connectivity index (χ1n) is 14.1. The van der Waals surface area contributed by atoms with Crippen molar-refractivity contribution in [1.82, 2.24) is 5.32 Å². The van der Waals surface area contributed by atoms with Gasteiger partial charge in [-0.05, 0) is 113 Å². The molecule has 202 valence electrons. The second-order valence-corrected chi connectivity index (χ2v) is 11.9. The Labute approximate surface area is 230 Å². The number of hydrogen-bond acceptors (Lipinski definition) is 5. The molecule has 3 aliphatic rings. The van der Waals surface area contributed by atoms with Gasteiger partial charge >= 0.3 is 0 Å². The molecule has 2 N–H and O–H groups in total. The third-order valence-electron chi connectivity index (χ3n) is 9.09. The van der Waals surface area contributed by atoms with Gasteiger partial charge in [0.2, 0.25) is 0 Å². The summed E-state index contributed by atoms with van der Waals surface area (Å²) in [6.07, 6.45) is 10.00. The molecule has 5 rings (SSSR count). The summed E-state index contributed by atoms with van der Waals surface area (Å²) in [7, 11) is 0. The maximum atomic E-state index is 12.9. The van der Waals surface area contributed by atoms with Gasteiger partial charge in [-0.25, -0.2) is 0 Å². The van der Waals surface area contributed by atoms with Crippen molar-refractivity contribution in [1.29, 1.82) is 5.26 Å². The standard InChI is InChI=1S/C31H38ClN3O3/c1-21-28(11-4-23(20-33)29(21)32)38-27-9-5-24(6-10-27)34-30(37)22-2-7-25(8-3-22)35-18-16-31(17-19-35)14-12-26(36)13-15-31/h2-4,7-8,11,24,26-27,36H,5-6,9-10,12-19H2,1H3,(H,34,37). The molecule has 2 aromatic carbocycles. The van der Waals surface area contributed by atoms with Crippen LogP contribution in [0.25, 0.3) is 0 Å². The molecule has 2 saturated carbocycles. The number of nitrogens with one attached hydrogen (secondary N) is 1. The number of nitriles is 1. The molecule has 1 heterocycles. The van der Waals surface area contributed by atoms with Gasteiger partial charge in [0.1, 0.15) is 11.8 Å². The number of aliphatic hydroxyl groups excluding tert-OH is 1. The summed E-state index contributed by atoms with van der Waals surface area (Å²) in [6.45, 7) is 3.96. The highest BCUT2D eigenvalue weighted by Crippen LogP contribution is 2.45. The minimum Gasteiger partial charge on any atom is -0.490 e. The van der Waals surface area contributed by atoms with E-state index in [2.05, 4.69) is 28.4 Å². The van der Waals surface area contributed by atoms with Gasteiger partial charge in [-0.2, -0.15) is 5.26 Å². The number of carbonyl (C=O) groups excluding carboxylic acids is 1. The Hall–Kier alpha value is -2.75. The average Bonchev–Trinajstić information content (AvgIpc) is 2.95. The van der Waals surface area contributed by atoms with Crippen LogP contribution in [0.4, 0.5) is 5.69 Å². The Morgan fingerprint density at radius 3 is 2.32 bits per heavy atom. The van der Waals surface area contributed by atoms with E-state index in [9.17, 15) is 9.90 Å². The van der Waals surface area contributed by atoms with Crippen LogP contribution in [0.3, 0.4) is 0 Å². The summed E-state index contributed by atoms with van der Waals surface area (Å²) < 4.78 is 6.19. The second-order valence-electron chi connectivity index (χ2n) is 11.5. The van der Waals surface area contributed by atoms with Crippen molar-refractivity contribution < 1.29 is 14.6 Å². The fourth-order valence-electron chi connectivity index (χ4n) is 6.43. The van der Waals surface area contributed by atoms with E-state index in [1.54, 1.807) is 6.07 Å². The van der Waals surface area contributed by atoms with E-state index in [-0.39, 0.29) is 24.2 Å². The molecule has 38 heavy (non-hydrogen) atoms. The van der Waals surface area contributed by atoms with Crippen LogP contribution in [0.5, 0.6) is 5.75 Å². The normalized spacial score (nSPS) is 23.6. The lowest BCUT2D eigenvalue weighted by atomic mass is 9.67. The summed E-state index contributed by atoms with van der Waals surface area (Å²) in [4.78, 5) is 15.4. The molecule has 0 bridgehead atoms. The Kier molecular flexibility index (Phi) is 8.16.